The van der Waals surface area contributed by atoms with Crippen molar-refractivity contribution in [2.75, 3.05) is 0 Å². The van der Waals surface area contributed by atoms with Crippen LogP contribution in [-0.4, -0.2) is 20.2 Å². The smallest absolute Gasteiger partial charge is 0.167 e. The van der Waals surface area contributed by atoms with Crippen LogP contribution in [0.5, 0.6) is 0 Å². The van der Waals surface area contributed by atoms with Crippen LogP contribution in [0.4, 0.5) is 0 Å². The molecule has 0 saturated heterocycles. The molecule has 0 unspecified atom stereocenters. The van der Waals surface area contributed by atoms with Gasteiger partial charge in [0.2, 0.25) is 5.82 Å². The summed E-state index contributed by atoms with van der Waals surface area (Å²) in [5.74, 6) is 0.691. The third-order valence-electron chi connectivity index (χ3n) is 2.89. The van der Waals surface area contributed by atoms with Crippen LogP contribution in [0.15, 0.2) is 18.2 Å². The lowest BCUT2D eigenvalue weighted by Crippen LogP contribution is -2.13. The summed E-state index contributed by atoms with van der Waals surface area (Å²) in [6, 6.07) is 6.26. The molecule has 0 aliphatic heterocycles. The highest BCUT2D eigenvalue weighted by Crippen LogP contribution is 2.30. The van der Waals surface area contributed by atoms with Gasteiger partial charge in [0.15, 0.2) is 0 Å². The van der Waals surface area contributed by atoms with Crippen molar-refractivity contribution in [3.05, 3.63) is 29.3 Å². The fraction of sp³-hybridized carbons (Fsp3) is 0.462. The van der Waals surface area contributed by atoms with Gasteiger partial charge in [0.05, 0.1) is 7.05 Å². The Labute approximate surface area is 102 Å². The topological polar surface area (TPSA) is 43.6 Å². The predicted molar refractivity (Wildman–Crippen MR) is 67.7 cm³/mol. The molecule has 0 radical (unpaired) electrons. The van der Waals surface area contributed by atoms with Gasteiger partial charge < -0.3 is 0 Å². The number of rotatable bonds is 1. The molecule has 1 aromatic carbocycles. The van der Waals surface area contributed by atoms with E-state index >= 15 is 0 Å². The number of hydrogen-bond donors (Lipinski definition) is 0. The van der Waals surface area contributed by atoms with Gasteiger partial charge in [-0.1, -0.05) is 39.0 Å². The zero-order valence-corrected chi connectivity index (χ0v) is 11.0. The zero-order valence-electron chi connectivity index (χ0n) is 11.0. The maximum atomic E-state index is 4.26. The van der Waals surface area contributed by atoms with Crippen LogP contribution < -0.4 is 0 Å². The van der Waals surface area contributed by atoms with E-state index in [1.807, 2.05) is 6.07 Å². The normalized spacial score (nSPS) is 11.8. The van der Waals surface area contributed by atoms with E-state index in [1.165, 1.54) is 15.9 Å². The lowest BCUT2D eigenvalue weighted by atomic mass is 9.82. The molecule has 0 bridgehead atoms. The molecular weight excluding hydrogens is 212 g/mol. The molecule has 90 valence electrons. The molecule has 0 N–H and O–H groups in total. The van der Waals surface area contributed by atoms with Crippen LogP contribution in [0.25, 0.3) is 11.4 Å². The van der Waals surface area contributed by atoms with Crippen molar-refractivity contribution in [2.45, 2.75) is 33.1 Å². The summed E-state index contributed by atoms with van der Waals surface area (Å²) >= 11 is 0. The largest absolute Gasteiger partial charge is 0.205 e. The van der Waals surface area contributed by atoms with Gasteiger partial charge >= 0.3 is 0 Å². The van der Waals surface area contributed by atoms with E-state index in [9.17, 15) is 0 Å². The summed E-state index contributed by atoms with van der Waals surface area (Å²) in [7, 11) is 1.78. The molecule has 1 heterocycles. The molecule has 4 heteroatoms. The second-order valence-corrected chi connectivity index (χ2v) is 5.33. The van der Waals surface area contributed by atoms with E-state index in [4.69, 9.17) is 0 Å². The minimum atomic E-state index is 0.127. The lowest BCUT2D eigenvalue weighted by molar-refractivity contribution is 0.586. The average molecular weight is 230 g/mol. The first-order valence-electron chi connectivity index (χ1n) is 5.74. The molecule has 0 aliphatic rings. The van der Waals surface area contributed by atoms with Crippen LogP contribution in [0.2, 0.25) is 0 Å². The summed E-state index contributed by atoms with van der Waals surface area (Å²) in [4.78, 5) is 1.48. The van der Waals surface area contributed by atoms with Crippen LogP contribution in [0, 0.1) is 6.92 Å². The van der Waals surface area contributed by atoms with Gasteiger partial charge in [-0.05, 0) is 28.7 Å². The first-order chi connectivity index (χ1) is 7.89. The second kappa shape index (κ2) is 3.95. The summed E-state index contributed by atoms with van der Waals surface area (Å²) in [6.07, 6.45) is 0. The SMILES string of the molecule is Cc1c(-c2nnn(C)n2)cccc1C(C)(C)C. The van der Waals surface area contributed by atoms with Crippen LogP contribution >= 0.6 is 0 Å². The minimum absolute atomic E-state index is 0.127. The molecular formula is C13H18N4. The number of hydrogen-bond acceptors (Lipinski definition) is 3. The number of aryl methyl sites for hydroxylation is 1. The van der Waals surface area contributed by atoms with Crippen LogP contribution in [-0.2, 0) is 12.5 Å². The fourth-order valence-electron chi connectivity index (χ4n) is 2.08. The summed E-state index contributed by atoms with van der Waals surface area (Å²) in [5, 5.41) is 12.2. The van der Waals surface area contributed by atoms with Gasteiger partial charge in [0, 0.05) is 5.56 Å². The number of tetrazole rings is 1. The third-order valence-corrected chi connectivity index (χ3v) is 2.89. The molecule has 4 nitrogen and oxygen atoms in total. The van der Waals surface area contributed by atoms with E-state index < -0.39 is 0 Å². The molecule has 0 amide bonds. The molecule has 0 fully saturated rings. The molecule has 0 atom stereocenters. The predicted octanol–water partition coefficient (Wildman–Crippen LogP) is 2.48. The Morgan fingerprint density at radius 1 is 1.18 bits per heavy atom. The van der Waals surface area contributed by atoms with Crippen molar-refractivity contribution in [1.82, 2.24) is 20.2 Å². The standard InChI is InChI=1S/C13H18N4/c1-9-10(12-14-16-17(5)15-12)7-6-8-11(9)13(2,3)4/h6-8H,1-5H3. The Bertz CT molecular complexity index is 535. The van der Waals surface area contributed by atoms with Gasteiger partial charge in [0.1, 0.15) is 0 Å². The highest BCUT2D eigenvalue weighted by atomic mass is 15.6. The van der Waals surface area contributed by atoms with E-state index in [0.717, 1.165) is 5.56 Å². The molecule has 0 saturated carbocycles. The number of aromatic nitrogens is 4. The van der Waals surface area contributed by atoms with E-state index in [2.05, 4.69) is 55.2 Å². The Morgan fingerprint density at radius 2 is 1.88 bits per heavy atom. The second-order valence-electron chi connectivity index (χ2n) is 5.33. The molecule has 1 aromatic heterocycles. The number of nitrogens with zero attached hydrogens (tertiary/aromatic N) is 4. The first kappa shape index (κ1) is 11.8. The van der Waals surface area contributed by atoms with E-state index in [0.29, 0.717) is 5.82 Å². The minimum Gasteiger partial charge on any atom is -0.167 e. The van der Waals surface area contributed by atoms with Crippen molar-refractivity contribution in [1.29, 1.82) is 0 Å². The van der Waals surface area contributed by atoms with Crippen molar-refractivity contribution < 1.29 is 0 Å². The van der Waals surface area contributed by atoms with Gasteiger partial charge in [-0.3, -0.25) is 0 Å². The summed E-state index contributed by atoms with van der Waals surface area (Å²) in [6.45, 7) is 8.75. The molecule has 0 aliphatic carbocycles. The Kier molecular flexibility index (Phi) is 2.73. The average Bonchev–Trinajstić information content (AvgIpc) is 2.63. The lowest BCUT2D eigenvalue weighted by Gasteiger charge is -2.22. The molecule has 0 spiro atoms. The summed E-state index contributed by atoms with van der Waals surface area (Å²) in [5.41, 5.74) is 3.74. The van der Waals surface area contributed by atoms with Crippen LogP contribution in [0.1, 0.15) is 31.9 Å². The Balaban J connectivity index is 2.57. The Hall–Kier alpha value is -1.71. The Morgan fingerprint density at radius 3 is 2.41 bits per heavy atom. The highest BCUT2D eigenvalue weighted by Gasteiger charge is 2.19. The highest BCUT2D eigenvalue weighted by molar-refractivity contribution is 5.62. The van der Waals surface area contributed by atoms with Crippen molar-refractivity contribution in [3.63, 3.8) is 0 Å². The monoisotopic (exact) mass is 230 g/mol. The maximum absolute atomic E-state index is 4.26. The molecule has 2 rings (SSSR count). The summed E-state index contributed by atoms with van der Waals surface area (Å²) < 4.78 is 0. The van der Waals surface area contributed by atoms with Gasteiger partial charge in [-0.15, -0.1) is 10.2 Å². The fourth-order valence-corrected chi connectivity index (χ4v) is 2.08. The van der Waals surface area contributed by atoms with Gasteiger partial charge in [-0.25, -0.2) is 0 Å². The van der Waals surface area contributed by atoms with Crippen LogP contribution in [0.3, 0.4) is 0 Å². The van der Waals surface area contributed by atoms with Crippen molar-refractivity contribution >= 4 is 0 Å². The quantitative estimate of drug-likeness (QED) is 0.756. The van der Waals surface area contributed by atoms with Crippen molar-refractivity contribution in [3.8, 4) is 11.4 Å². The van der Waals surface area contributed by atoms with Gasteiger partial charge in [0.25, 0.3) is 0 Å². The first-order valence-corrected chi connectivity index (χ1v) is 5.74. The number of benzene rings is 1. The van der Waals surface area contributed by atoms with Gasteiger partial charge in [-0.2, -0.15) is 4.80 Å². The maximum Gasteiger partial charge on any atom is 0.205 e. The van der Waals surface area contributed by atoms with E-state index in [1.54, 1.807) is 7.05 Å². The van der Waals surface area contributed by atoms with E-state index in [-0.39, 0.29) is 5.41 Å². The van der Waals surface area contributed by atoms with Crippen molar-refractivity contribution in [2.24, 2.45) is 7.05 Å². The zero-order chi connectivity index (χ0) is 12.6. The molecule has 2 aromatic rings. The third kappa shape index (κ3) is 2.20. The molecule has 17 heavy (non-hydrogen) atoms.